The average Bonchev–Trinajstić information content (AvgIpc) is 2.63. The highest BCUT2D eigenvalue weighted by atomic mass is 16.2. The third-order valence-electron chi connectivity index (χ3n) is 4.14. The number of carbonyl (C=O) groups is 1. The van der Waals surface area contributed by atoms with Crippen LogP contribution in [0, 0.1) is 0 Å². The van der Waals surface area contributed by atoms with Gasteiger partial charge in [-0.3, -0.25) is 14.2 Å². The highest BCUT2D eigenvalue weighted by Crippen LogP contribution is 2.14. The van der Waals surface area contributed by atoms with Gasteiger partial charge in [-0.2, -0.15) is 0 Å². The summed E-state index contributed by atoms with van der Waals surface area (Å²) in [6.45, 7) is 4.60. The van der Waals surface area contributed by atoms with Crippen molar-refractivity contribution < 1.29 is 4.79 Å². The lowest BCUT2D eigenvalue weighted by Gasteiger charge is -2.09. The van der Waals surface area contributed by atoms with Crippen LogP contribution in [0.3, 0.4) is 0 Å². The molecule has 1 aromatic carbocycles. The predicted molar refractivity (Wildman–Crippen MR) is 96.5 cm³/mol. The molecule has 0 aliphatic carbocycles. The van der Waals surface area contributed by atoms with Crippen molar-refractivity contribution in [2.45, 2.75) is 26.3 Å². The first-order valence-corrected chi connectivity index (χ1v) is 8.16. The molecule has 0 spiro atoms. The molecule has 0 saturated heterocycles. The Balaban J connectivity index is 1.80. The Bertz CT molecular complexity index is 975. The highest BCUT2D eigenvalue weighted by molar-refractivity contribution is 5.93. The molecule has 2 aromatic heterocycles. The van der Waals surface area contributed by atoms with Gasteiger partial charge in [0, 0.05) is 19.8 Å². The molecule has 128 valence electrons. The van der Waals surface area contributed by atoms with Gasteiger partial charge in [0.1, 0.15) is 5.52 Å². The first-order chi connectivity index (χ1) is 12.0. The van der Waals surface area contributed by atoms with Gasteiger partial charge in [0.05, 0.1) is 0 Å². The highest BCUT2D eigenvalue weighted by Gasteiger charge is 2.16. The van der Waals surface area contributed by atoms with E-state index in [0.717, 1.165) is 5.56 Å². The number of carbonyl (C=O) groups excluding carboxylic acids is 1. The summed E-state index contributed by atoms with van der Waals surface area (Å²) in [5.41, 5.74) is 2.59. The number of benzene rings is 1. The van der Waals surface area contributed by atoms with Crippen molar-refractivity contribution in [3.8, 4) is 0 Å². The summed E-state index contributed by atoms with van der Waals surface area (Å²) in [5, 5.41) is 2.76. The van der Waals surface area contributed by atoms with Crippen molar-refractivity contribution in [3.05, 3.63) is 69.8 Å². The Labute approximate surface area is 145 Å². The number of rotatable bonds is 4. The quantitative estimate of drug-likeness (QED) is 0.793. The summed E-state index contributed by atoms with van der Waals surface area (Å²) < 4.78 is 1.34. The number of nitrogens with zero attached hydrogens (tertiary/aromatic N) is 3. The number of nitrogens with one attached hydrogen (secondary N) is 1. The largest absolute Gasteiger partial charge is 0.346 e. The average molecular weight is 336 g/mol. The molecule has 0 radical (unpaired) electrons. The summed E-state index contributed by atoms with van der Waals surface area (Å²) in [6, 6.07) is 11.5. The molecule has 1 N–H and O–H groups in total. The lowest BCUT2D eigenvalue weighted by Crippen LogP contribution is -2.33. The number of amides is 1. The molecule has 0 unspecified atom stereocenters. The summed E-state index contributed by atoms with van der Waals surface area (Å²) in [6.07, 6.45) is 1.59. The summed E-state index contributed by atoms with van der Waals surface area (Å²) in [7, 11) is 1.58. The third kappa shape index (κ3) is 3.42. The van der Waals surface area contributed by atoms with Gasteiger partial charge in [0.25, 0.3) is 11.5 Å². The van der Waals surface area contributed by atoms with Crippen LogP contribution in [0.2, 0.25) is 0 Å². The standard InChI is InChI=1S/C19H20N4O2/c1-12(2)14-8-6-13(7-9-14)11-21-18(24)16-19(25)23(3)17-15(22-16)5-4-10-20-17/h4-10,12H,11H2,1-3H3,(H,21,24). The van der Waals surface area contributed by atoms with Crippen LogP contribution in [-0.4, -0.2) is 20.4 Å². The zero-order valence-electron chi connectivity index (χ0n) is 14.5. The first-order valence-electron chi connectivity index (χ1n) is 8.16. The molecule has 25 heavy (non-hydrogen) atoms. The number of hydrogen-bond donors (Lipinski definition) is 1. The van der Waals surface area contributed by atoms with Crippen molar-refractivity contribution in [1.82, 2.24) is 19.9 Å². The van der Waals surface area contributed by atoms with Crippen molar-refractivity contribution in [1.29, 1.82) is 0 Å². The summed E-state index contributed by atoms with van der Waals surface area (Å²) >= 11 is 0. The van der Waals surface area contributed by atoms with E-state index in [1.165, 1.54) is 10.1 Å². The maximum atomic E-state index is 12.4. The van der Waals surface area contributed by atoms with Gasteiger partial charge in [-0.05, 0) is 29.2 Å². The Morgan fingerprint density at radius 2 is 1.92 bits per heavy atom. The van der Waals surface area contributed by atoms with E-state index < -0.39 is 11.5 Å². The van der Waals surface area contributed by atoms with E-state index in [4.69, 9.17) is 0 Å². The number of fused-ring (bicyclic) bond motifs is 1. The maximum absolute atomic E-state index is 12.4. The Morgan fingerprint density at radius 1 is 1.20 bits per heavy atom. The van der Waals surface area contributed by atoms with Crippen LogP contribution in [-0.2, 0) is 13.6 Å². The van der Waals surface area contributed by atoms with Crippen LogP contribution in [0.1, 0.15) is 41.4 Å². The third-order valence-corrected chi connectivity index (χ3v) is 4.14. The van der Waals surface area contributed by atoms with Crippen LogP contribution in [0.15, 0.2) is 47.4 Å². The fourth-order valence-electron chi connectivity index (χ4n) is 2.59. The van der Waals surface area contributed by atoms with Crippen molar-refractivity contribution in [2.75, 3.05) is 0 Å². The zero-order valence-corrected chi connectivity index (χ0v) is 14.5. The second-order valence-corrected chi connectivity index (χ2v) is 6.25. The topological polar surface area (TPSA) is 76.9 Å². The molecule has 0 bridgehead atoms. The molecule has 0 aliphatic rings. The molecule has 0 atom stereocenters. The smallest absolute Gasteiger partial charge is 0.283 e. The first kappa shape index (κ1) is 16.8. The van der Waals surface area contributed by atoms with Gasteiger partial charge in [-0.25, -0.2) is 9.97 Å². The van der Waals surface area contributed by atoms with Gasteiger partial charge >= 0.3 is 0 Å². The second-order valence-electron chi connectivity index (χ2n) is 6.25. The van der Waals surface area contributed by atoms with Crippen LogP contribution in [0.5, 0.6) is 0 Å². The van der Waals surface area contributed by atoms with E-state index in [2.05, 4.69) is 29.1 Å². The minimum atomic E-state index is -0.487. The molecule has 1 amide bonds. The molecular formula is C19H20N4O2. The van der Waals surface area contributed by atoms with Gasteiger partial charge in [-0.1, -0.05) is 38.1 Å². The molecule has 3 aromatic rings. The van der Waals surface area contributed by atoms with Crippen LogP contribution < -0.4 is 10.9 Å². The maximum Gasteiger partial charge on any atom is 0.283 e. The van der Waals surface area contributed by atoms with E-state index in [-0.39, 0.29) is 5.69 Å². The van der Waals surface area contributed by atoms with E-state index in [9.17, 15) is 9.59 Å². The minimum absolute atomic E-state index is 0.123. The normalized spacial score (nSPS) is 11.0. The Kier molecular flexibility index (Phi) is 4.61. The Morgan fingerprint density at radius 3 is 2.60 bits per heavy atom. The molecule has 0 saturated carbocycles. The Hall–Kier alpha value is -3.02. The molecular weight excluding hydrogens is 316 g/mol. The van der Waals surface area contributed by atoms with Crippen LogP contribution >= 0.6 is 0 Å². The number of hydrogen-bond acceptors (Lipinski definition) is 4. The number of pyridine rings is 1. The number of aryl methyl sites for hydroxylation is 1. The van der Waals surface area contributed by atoms with Crippen molar-refractivity contribution in [2.24, 2.45) is 7.05 Å². The fourth-order valence-corrected chi connectivity index (χ4v) is 2.59. The molecule has 0 fully saturated rings. The SMILES string of the molecule is CC(C)c1ccc(CNC(=O)c2nc3cccnc3n(C)c2=O)cc1. The fraction of sp³-hybridized carbons (Fsp3) is 0.263. The molecule has 0 aliphatic heterocycles. The molecule has 2 heterocycles. The lowest BCUT2D eigenvalue weighted by molar-refractivity contribution is 0.0944. The van der Waals surface area contributed by atoms with E-state index in [0.29, 0.717) is 23.6 Å². The minimum Gasteiger partial charge on any atom is -0.346 e. The van der Waals surface area contributed by atoms with Gasteiger partial charge in [-0.15, -0.1) is 0 Å². The van der Waals surface area contributed by atoms with Crippen molar-refractivity contribution in [3.63, 3.8) is 0 Å². The van der Waals surface area contributed by atoms with E-state index in [1.807, 2.05) is 24.3 Å². The number of aromatic nitrogens is 3. The summed E-state index contributed by atoms with van der Waals surface area (Å²) in [5.74, 6) is -0.0265. The van der Waals surface area contributed by atoms with Crippen molar-refractivity contribution >= 4 is 17.1 Å². The zero-order chi connectivity index (χ0) is 18.0. The molecule has 6 nitrogen and oxygen atoms in total. The summed E-state index contributed by atoms with van der Waals surface area (Å²) in [4.78, 5) is 33.1. The molecule has 6 heteroatoms. The molecule has 3 rings (SSSR count). The van der Waals surface area contributed by atoms with Gasteiger partial charge < -0.3 is 5.32 Å². The lowest BCUT2D eigenvalue weighted by atomic mass is 10.0. The second kappa shape index (κ2) is 6.84. The predicted octanol–water partition coefficient (Wildman–Crippen LogP) is 2.38. The van der Waals surface area contributed by atoms with Crippen LogP contribution in [0.4, 0.5) is 0 Å². The van der Waals surface area contributed by atoms with Gasteiger partial charge in [0.15, 0.2) is 11.3 Å². The van der Waals surface area contributed by atoms with Crippen LogP contribution in [0.25, 0.3) is 11.2 Å². The van der Waals surface area contributed by atoms with E-state index in [1.54, 1.807) is 25.4 Å². The van der Waals surface area contributed by atoms with E-state index >= 15 is 0 Å². The van der Waals surface area contributed by atoms with Gasteiger partial charge in [0.2, 0.25) is 0 Å². The monoisotopic (exact) mass is 336 g/mol.